The van der Waals surface area contributed by atoms with E-state index in [1.54, 1.807) is 27.7 Å². The maximum absolute atomic E-state index is 12.8. The van der Waals surface area contributed by atoms with Crippen molar-refractivity contribution in [1.82, 2.24) is 31.7 Å². The first-order chi connectivity index (χ1) is 18.9. The van der Waals surface area contributed by atoms with Crippen LogP contribution in [0.5, 0.6) is 0 Å². The molecule has 2 rings (SSSR count). The van der Waals surface area contributed by atoms with Crippen LogP contribution in [-0.4, -0.2) is 78.5 Å². The highest BCUT2D eigenvalue weighted by Crippen LogP contribution is 2.17. The second kappa shape index (κ2) is 15.4. The Kier molecular flexibility index (Phi) is 12.3. The van der Waals surface area contributed by atoms with Gasteiger partial charge in [-0.1, -0.05) is 25.1 Å². The number of nitrogens with zero attached hydrogens (tertiary/aromatic N) is 1. The maximum Gasteiger partial charge on any atom is 0.330 e. The largest absolute Gasteiger partial charge is 0.463 e. The molecule has 0 aromatic carbocycles. The number of hydrogen-bond donors (Lipinski definition) is 5. The molecule has 0 aliphatic carbocycles. The Balaban J connectivity index is 1.93. The molecule has 5 N–H and O–H groups in total. The SMILES string of the molecule is CCOC(=O)/C=C/[C@H](C[C@@H]1CCNC1=O)NC(=O)CNC(=O)C(NC(=O)[C@@H](C)NC(=O)c1cc(C)on1)C(C)C. The van der Waals surface area contributed by atoms with E-state index in [0.29, 0.717) is 18.7 Å². The number of ether oxygens (including phenoxy) is 1. The molecule has 14 nitrogen and oxygen atoms in total. The predicted molar refractivity (Wildman–Crippen MR) is 141 cm³/mol. The van der Waals surface area contributed by atoms with Gasteiger partial charge in [0.05, 0.1) is 13.2 Å². The van der Waals surface area contributed by atoms with E-state index >= 15 is 0 Å². The van der Waals surface area contributed by atoms with E-state index < -0.39 is 54.3 Å². The van der Waals surface area contributed by atoms with Crippen molar-refractivity contribution in [3.8, 4) is 0 Å². The van der Waals surface area contributed by atoms with Crippen LogP contribution in [-0.2, 0) is 28.7 Å². The number of aromatic nitrogens is 1. The Labute approximate surface area is 232 Å². The number of esters is 1. The highest BCUT2D eigenvalue weighted by atomic mass is 16.5. The normalized spacial score (nSPS) is 17.1. The van der Waals surface area contributed by atoms with Gasteiger partial charge in [0.25, 0.3) is 5.91 Å². The number of nitrogens with one attached hydrogen (secondary N) is 5. The number of aryl methyl sites for hydroxylation is 1. The molecule has 0 bridgehead atoms. The Morgan fingerprint density at radius 3 is 2.45 bits per heavy atom. The Hall–Kier alpha value is -4.23. The Morgan fingerprint density at radius 1 is 1.15 bits per heavy atom. The van der Waals surface area contributed by atoms with Gasteiger partial charge in [0.15, 0.2) is 5.69 Å². The molecule has 220 valence electrons. The summed E-state index contributed by atoms with van der Waals surface area (Å²) in [5, 5.41) is 16.6. The molecular formula is C26H38N6O8. The molecule has 5 amide bonds. The van der Waals surface area contributed by atoms with Crippen molar-refractivity contribution in [3.63, 3.8) is 0 Å². The standard InChI is InChI=1S/C26H38N6O8/c1-6-39-21(34)8-7-18(12-17-9-10-27-24(17)36)30-20(33)13-28-26(38)22(14(2)3)31-23(35)16(5)29-25(37)19-11-15(4)40-32-19/h7-8,11,14,16-18,22H,6,9-10,12-13H2,1-5H3,(H,27,36)(H,28,38)(H,29,37)(H,30,33)(H,31,35)/b8-7+/t16-,17+,18-,22?/m1/s1. The van der Waals surface area contributed by atoms with Crippen molar-refractivity contribution in [2.45, 2.75) is 65.6 Å². The summed E-state index contributed by atoms with van der Waals surface area (Å²) >= 11 is 0. The molecule has 1 aromatic rings. The van der Waals surface area contributed by atoms with Gasteiger partial charge in [-0.05, 0) is 39.5 Å². The summed E-state index contributed by atoms with van der Waals surface area (Å²) in [6.07, 6.45) is 3.51. The zero-order chi connectivity index (χ0) is 29.8. The molecule has 1 aliphatic heterocycles. The molecule has 2 heterocycles. The van der Waals surface area contributed by atoms with Crippen LogP contribution in [0.25, 0.3) is 0 Å². The van der Waals surface area contributed by atoms with Gasteiger partial charge in [-0.3, -0.25) is 24.0 Å². The van der Waals surface area contributed by atoms with Gasteiger partial charge in [0.2, 0.25) is 23.6 Å². The molecule has 1 aliphatic rings. The van der Waals surface area contributed by atoms with Crippen LogP contribution in [0.2, 0.25) is 0 Å². The molecular weight excluding hydrogens is 524 g/mol. The highest BCUT2D eigenvalue weighted by molar-refractivity contribution is 5.97. The minimum atomic E-state index is -0.990. The zero-order valence-electron chi connectivity index (χ0n) is 23.4. The number of rotatable bonds is 14. The van der Waals surface area contributed by atoms with E-state index in [2.05, 4.69) is 31.7 Å². The van der Waals surface area contributed by atoms with Gasteiger partial charge in [-0.25, -0.2) is 4.79 Å². The average molecular weight is 563 g/mol. The number of hydrogen-bond acceptors (Lipinski definition) is 9. The second-order valence-electron chi connectivity index (χ2n) is 9.76. The van der Waals surface area contributed by atoms with Crippen molar-refractivity contribution in [2.24, 2.45) is 11.8 Å². The van der Waals surface area contributed by atoms with E-state index in [0.717, 1.165) is 0 Å². The number of carbonyl (C=O) groups excluding carboxylic acids is 6. The summed E-state index contributed by atoms with van der Waals surface area (Å²) in [5.41, 5.74) is 0.0188. The minimum Gasteiger partial charge on any atom is -0.463 e. The van der Waals surface area contributed by atoms with Crippen LogP contribution >= 0.6 is 0 Å². The summed E-state index contributed by atoms with van der Waals surface area (Å²) in [4.78, 5) is 74.1. The third-order valence-corrected chi connectivity index (χ3v) is 6.07. The van der Waals surface area contributed by atoms with Crippen molar-refractivity contribution in [2.75, 3.05) is 19.7 Å². The second-order valence-corrected chi connectivity index (χ2v) is 9.76. The van der Waals surface area contributed by atoms with Gasteiger partial charge in [0.1, 0.15) is 17.8 Å². The molecule has 0 radical (unpaired) electrons. The quantitative estimate of drug-likeness (QED) is 0.146. The zero-order valence-corrected chi connectivity index (χ0v) is 23.4. The van der Waals surface area contributed by atoms with E-state index in [4.69, 9.17) is 9.26 Å². The predicted octanol–water partition coefficient (Wildman–Crippen LogP) is -0.511. The van der Waals surface area contributed by atoms with Gasteiger partial charge < -0.3 is 35.8 Å². The van der Waals surface area contributed by atoms with Gasteiger partial charge in [-0.15, -0.1) is 0 Å². The Bertz CT molecular complexity index is 1110. The first-order valence-electron chi connectivity index (χ1n) is 13.2. The fourth-order valence-corrected chi connectivity index (χ4v) is 3.91. The minimum absolute atomic E-state index is 0.0188. The van der Waals surface area contributed by atoms with Crippen molar-refractivity contribution in [1.29, 1.82) is 0 Å². The topological polar surface area (TPSA) is 198 Å². The van der Waals surface area contributed by atoms with Crippen LogP contribution < -0.4 is 26.6 Å². The number of carbonyl (C=O) groups is 6. The lowest BCUT2D eigenvalue weighted by atomic mass is 9.98. The summed E-state index contributed by atoms with van der Waals surface area (Å²) < 4.78 is 9.73. The lowest BCUT2D eigenvalue weighted by molar-refractivity contribution is -0.137. The lowest BCUT2D eigenvalue weighted by Crippen LogP contribution is -2.55. The van der Waals surface area contributed by atoms with Gasteiger partial charge >= 0.3 is 5.97 Å². The van der Waals surface area contributed by atoms with E-state index in [1.165, 1.54) is 25.1 Å². The van der Waals surface area contributed by atoms with Crippen molar-refractivity contribution in [3.05, 3.63) is 29.7 Å². The third-order valence-electron chi connectivity index (χ3n) is 6.07. The summed E-state index contributed by atoms with van der Waals surface area (Å²) in [7, 11) is 0. The maximum atomic E-state index is 12.8. The van der Waals surface area contributed by atoms with Gasteiger partial charge in [-0.2, -0.15) is 0 Å². The first-order valence-corrected chi connectivity index (χ1v) is 13.2. The summed E-state index contributed by atoms with van der Waals surface area (Å²) in [6, 6.07) is -1.20. The fraction of sp³-hybridized carbons (Fsp3) is 0.577. The molecule has 4 atom stereocenters. The molecule has 14 heteroatoms. The Morgan fingerprint density at radius 2 is 1.88 bits per heavy atom. The summed E-state index contributed by atoms with van der Waals surface area (Å²) in [5.74, 6) is -3.31. The molecule has 1 fully saturated rings. The van der Waals surface area contributed by atoms with E-state index in [-0.39, 0.29) is 36.5 Å². The van der Waals surface area contributed by atoms with Crippen LogP contribution in [0.1, 0.15) is 56.8 Å². The van der Waals surface area contributed by atoms with Gasteiger partial charge in [0, 0.05) is 30.6 Å². The van der Waals surface area contributed by atoms with E-state index in [1.807, 2.05) is 0 Å². The number of amides is 5. The van der Waals surface area contributed by atoms with Crippen LogP contribution in [0.4, 0.5) is 0 Å². The summed E-state index contributed by atoms with van der Waals surface area (Å²) in [6.45, 7) is 8.50. The lowest BCUT2D eigenvalue weighted by Gasteiger charge is -2.24. The molecule has 1 aromatic heterocycles. The van der Waals surface area contributed by atoms with Crippen LogP contribution in [0.15, 0.2) is 22.7 Å². The van der Waals surface area contributed by atoms with E-state index in [9.17, 15) is 28.8 Å². The van der Waals surface area contributed by atoms with Crippen LogP contribution in [0.3, 0.4) is 0 Å². The molecule has 40 heavy (non-hydrogen) atoms. The highest BCUT2D eigenvalue weighted by Gasteiger charge is 2.29. The van der Waals surface area contributed by atoms with Crippen LogP contribution in [0, 0.1) is 18.8 Å². The monoisotopic (exact) mass is 562 g/mol. The smallest absolute Gasteiger partial charge is 0.330 e. The molecule has 1 unspecified atom stereocenters. The molecule has 1 saturated heterocycles. The first kappa shape index (κ1) is 32.0. The fourth-order valence-electron chi connectivity index (χ4n) is 3.91. The van der Waals surface area contributed by atoms with Crippen molar-refractivity contribution >= 4 is 35.5 Å². The van der Waals surface area contributed by atoms with Crippen molar-refractivity contribution < 1.29 is 38.0 Å². The third kappa shape index (κ3) is 10.2. The average Bonchev–Trinajstić information content (AvgIpc) is 3.51. The molecule has 0 spiro atoms. The molecule has 0 saturated carbocycles.